The number of carboxylic acid groups (broad SMARTS) is 1. The number of carbonyl (C=O) groups is 5. The van der Waals surface area contributed by atoms with E-state index in [4.69, 9.17) is 28.8 Å². The van der Waals surface area contributed by atoms with E-state index in [1.165, 1.54) is 62.9 Å². The molecular formula is C39H73N3O11S. The smallest absolute Gasteiger partial charge is 0.329 e. The van der Waals surface area contributed by atoms with E-state index in [0.717, 1.165) is 19.3 Å². The molecule has 0 radical (unpaired) electrons. The van der Waals surface area contributed by atoms with E-state index >= 15 is 0 Å². The van der Waals surface area contributed by atoms with E-state index in [1.54, 1.807) is 20.8 Å². The molecule has 0 aliphatic carbocycles. The number of unbranched alkanes of at least 4 members (excludes halogenated alkanes) is 9. The Balaban J connectivity index is 3.95. The molecule has 316 valence electrons. The summed E-state index contributed by atoms with van der Waals surface area (Å²) in [5.74, 6) is 0.0163. The third-order valence-corrected chi connectivity index (χ3v) is 8.95. The molecule has 14 nitrogen and oxygen atoms in total. The van der Waals surface area contributed by atoms with Gasteiger partial charge in [0.15, 0.2) is 0 Å². The summed E-state index contributed by atoms with van der Waals surface area (Å²) >= 11 is 2.05. The topological polar surface area (TPSA) is 188 Å². The standard InChI is InChI=1S/C39H73N3O11S/c1-5-6-7-8-11-14-29-54-30-15-12-9-10-13-18-35(44)42-33(38(48)53-39(2,3)4)19-20-34(43)40-21-16-23-49-25-27-51-28-26-50-24-17-22-41-36(45)31-52-32-37(46)47/h33H,5-32H2,1-4H3,(H,40,43)(H,41,45)(H,42,44)(H,46,47). The molecule has 0 aromatic carbocycles. The average Bonchev–Trinajstić information content (AvgIpc) is 3.10. The second-order valence-corrected chi connectivity index (χ2v) is 15.4. The van der Waals surface area contributed by atoms with Gasteiger partial charge in [-0.2, -0.15) is 11.8 Å². The molecule has 0 aliphatic heterocycles. The Hall–Kier alpha value is -2.46. The van der Waals surface area contributed by atoms with Crippen molar-refractivity contribution in [3.63, 3.8) is 0 Å². The molecule has 0 fully saturated rings. The van der Waals surface area contributed by atoms with E-state index < -0.39 is 30.2 Å². The van der Waals surface area contributed by atoms with Gasteiger partial charge < -0.3 is 44.7 Å². The van der Waals surface area contributed by atoms with Crippen LogP contribution in [0.1, 0.15) is 130 Å². The Morgan fingerprint density at radius 1 is 0.593 bits per heavy atom. The number of hydrogen-bond donors (Lipinski definition) is 4. The van der Waals surface area contributed by atoms with Gasteiger partial charge in [-0.3, -0.25) is 14.4 Å². The third kappa shape index (κ3) is 37.8. The van der Waals surface area contributed by atoms with Crippen LogP contribution in [0.15, 0.2) is 0 Å². The van der Waals surface area contributed by atoms with Gasteiger partial charge in [-0.1, -0.05) is 58.3 Å². The highest BCUT2D eigenvalue weighted by Gasteiger charge is 2.27. The molecule has 0 spiro atoms. The number of aliphatic carboxylic acids is 1. The van der Waals surface area contributed by atoms with Crippen LogP contribution in [0.3, 0.4) is 0 Å². The van der Waals surface area contributed by atoms with Gasteiger partial charge in [0.05, 0.1) is 26.4 Å². The highest BCUT2D eigenvalue weighted by molar-refractivity contribution is 7.99. The molecule has 1 atom stereocenters. The van der Waals surface area contributed by atoms with Crippen molar-refractivity contribution in [1.29, 1.82) is 0 Å². The molecule has 0 bridgehead atoms. The highest BCUT2D eigenvalue weighted by Crippen LogP contribution is 2.14. The quantitative estimate of drug-likeness (QED) is 0.0474. The maximum absolute atomic E-state index is 12.8. The van der Waals surface area contributed by atoms with E-state index in [1.807, 2.05) is 0 Å². The predicted octanol–water partition coefficient (Wildman–Crippen LogP) is 5.19. The minimum absolute atomic E-state index is 0.0794. The third-order valence-electron chi connectivity index (χ3n) is 7.80. The van der Waals surface area contributed by atoms with Crippen molar-refractivity contribution >= 4 is 41.4 Å². The fraction of sp³-hybridized carbons (Fsp3) is 0.872. The van der Waals surface area contributed by atoms with Crippen LogP contribution in [-0.2, 0) is 47.7 Å². The molecule has 0 saturated carbocycles. The summed E-state index contributed by atoms with van der Waals surface area (Å²) in [6.45, 7) is 10.1. The lowest BCUT2D eigenvalue weighted by Gasteiger charge is -2.24. The molecule has 54 heavy (non-hydrogen) atoms. The first-order valence-electron chi connectivity index (χ1n) is 20.1. The van der Waals surface area contributed by atoms with E-state index in [0.29, 0.717) is 72.0 Å². The molecule has 0 saturated heterocycles. The summed E-state index contributed by atoms with van der Waals surface area (Å²) in [7, 11) is 0. The van der Waals surface area contributed by atoms with Crippen molar-refractivity contribution in [1.82, 2.24) is 16.0 Å². The lowest BCUT2D eigenvalue weighted by atomic mass is 10.1. The SMILES string of the molecule is CCCCCCCCSCCCCCCCC(=O)NC(CCC(=O)NCCCOCCOCCOCCCNC(=O)COCC(=O)O)C(=O)OC(C)(C)C. The van der Waals surface area contributed by atoms with E-state index in [9.17, 15) is 24.0 Å². The van der Waals surface area contributed by atoms with Crippen LogP contribution in [0.2, 0.25) is 0 Å². The van der Waals surface area contributed by atoms with E-state index in [-0.39, 0.29) is 37.2 Å². The summed E-state index contributed by atoms with van der Waals surface area (Å²) in [6, 6.07) is -0.883. The van der Waals surface area contributed by atoms with Crippen LogP contribution >= 0.6 is 11.8 Å². The van der Waals surface area contributed by atoms with Crippen LogP contribution < -0.4 is 16.0 Å². The zero-order valence-electron chi connectivity index (χ0n) is 33.8. The fourth-order valence-electron chi connectivity index (χ4n) is 4.99. The molecule has 3 amide bonds. The Labute approximate surface area is 329 Å². The van der Waals surface area contributed by atoms with Gasteiger partial charge in [0.1, 0.15) is 24.9 Å². The molecule has 1 unspecified atom stereocenters. The molecule has 0 heterocycles. The summed E-state index contributed by atoms with van der Waals surface area (Å²) in [4.78, 5) is 59.8. The number of rotatable bonds is 38. The number of carboxylic acids is 1. The zero-order valence-corrected chi connectivity index (χ0v) is 34.6. The van der Waals surface area contributed by atoms with Gasteiger partial charge >= 0.3 is 11.9 Å². The van der Waals surface area contributed by atoms with Crippen molar-refractivity contribution in [2.45, 2.75) is 142 Å². The van der Waals surface area contributed by atoms with Gasteiger partial charge in [0.25, 0.3) is 0 Å². The first-order chi connectivity index (χ1) is 25.9. The molecule has 0 aliphatic rings. The normalized spacial score (nSPS) is 11.9. The van der Waals surface area contributed by atoms with Gasteiger partial charge in [0.2, 0.25) is 17.7 Å². The maximum atomic E-state index is 12.8. The Kier molecular flexibility index (Phi) is 34.5. The molecule has 0 aromatic heterocycles. The molecule has 0 rings (SSSR count). The molecule has 0 aromatic rings. The average molecular weight is 792 g/mol. The summed E-state index contributed by atoms with van der Waals surface area (Å²) in [5.41, 5.74) is -0.708. The number of ether oxygens (including phenoxy) is 5. The summed E-state index contributed by atoms with van der Waals surface area (Å²) < 4.78 is 26.7. The molecular weight excluding hydrogens is 719 g/mol. The molecule has 15 heteroatoms. The Morgan fingerprint density at radius 3 is 1.67 bits per heavy atom. The van der Waals surface area contributed by atoms with Crippen molar-refractivity contribution in [2.75, 3.05) is 77.5 Å². The number of amides is 3. The zero-order chi connectivity index (χ0) is 40.1. The second kappa shape index (κ2) is 36.2. The van der Waals surface area contributed by atoms with Crippen molar-refractivity contribution < 1.29 is 52.8 Å². The summed E-state index contributed by atoms with van der Waals surface area (Å²) in [6.07, 6.45) is 15.1. The number of hydrogen-bond acceptors (Lipinski definition) is 11. The van der Waals surface area contributed by atoms with Crippen LogP contribution in [0.4, 0.5) is 0 Å². The number of carbonyl (C=O) groups excluding carboxylic acids is 4. The first-order valence-corrected chi connectivity index (χ1v) is 21.3. The van der Waals surface area contributed by atoms with Crippen LogP contribution in [0.25, 0.3) is 0 Å². The van der Waals surface area contributed by atoms with E-state index in [2.05, 4.69) is 34.6 Å². The van der Waals surface area contributed by atoms with Gasteiger partial charge in [-0.15, -0.1) is 0 Å². The highest BCUT2D eigenvalue weighted by atomic mass is 32.2. The largest absolute Gasteiger partial charge is 0.480 e. The number of thioether (sulfide) groups is 1. The second-order valence-electron chi connectivity index (χ2n) is 14.2. The maximum Gasteiger partial charge on any atom is 0.329 e. The van der Waals surface area contributed by atoms with Crippen LogP contribution in [0.5, 0.6) is 0 Å². The Bertz CT molecular complexity index is 982. The van der Waals surface area contributed by atoms with Gasteiger partial charge in [-0.05, 0) is 70.8 Å². The minimum Gasteiger partial charge on any atom is -0.480 e. The number of nitrogens with one attached hydrogen (secondary N) is 3. The predicted molar refractivity (Wildman–Crippen MR) is 212 cm³/mol. The van der Waals surface area contributed by atoms with Crippen molar-refractivity contribution in [3.05, 3.63) is 0 Å². The molecule has 4 N–H and O–H groups in total. The fourth-order valence-corrected chi connectivity index (χ4v) is 6.01. The van der Waals surface area contributed by atoms with Gasteiger partial charge in [0, 0.05) is 39.1 Å². The minimum atomic E-state index is -1.13. The van der Waals surface area contributed by atoms with Crippen LogP contribution in [0, 0.1) is 0 Å². The Morgan fingerprint density at radius 2 is 1.11 bits per heavy atom. The van der Waals surface area contributed by atoms with Crippen molar-refractivity contribution in [2.24, 2.45) is 0 Å². The van der Waals surface area contributed by atoms with Crippen LogP contribution in [-0.4, -0.2) is 124 Å². The van der Waals surface area contributed by atoms with Crippen molar-refractivity contribution in [3.8, 4) is 0 Å². The number of esters is 1. The lowest BCUT2D eigenvalue weighted by Crippen LogP contribution is -2.44. The monoisotopic (exact) mass is 791 g/mol. The first kappa shape index (κ1) is 51.5. The summed E-state index contributed by atoms with van der Waals surface area (Å²) in [5, 5.41) is 16.7. The lowest BCUT2D eigenvalue weighted by molar-refractivity contribution is -0.159. The van der Waals surface area contributed by atoms with Gasteiger partial charge in [-0.25, -0.2) is 9.59 Å².